The zero-order valence-electron chi connectivity index (χ0n) is 17.5. The van der Waals surface area contributed by atoms with Crippen molar-refractivity contribution in [1.82, 2.24) is 9.80 Å². The molecule has 7 heteroatoms. The maximum atomic E-state index is 13.1. The summed E-state index contributed by atoms with van der Waals surface area (Å²) in [4.78, 5) is 17.8. The Balaban J connectivity index is 1.38. The van der Waals surface area contributed by atoms with E-state index in [1.54, 1.807) is 12.1 Å². The van der Waals surface area contributed by atoms with Gasteiger partial charge < -0.3 is 14.2 Å². The molecule has 0 spiro atoms. The maximum absolute atomic E-state index is 13.1. The van der Waals surface area contributed by atoms with Crippen LogP contribution in [0.4, 0.5) is 0 Å². The number of fused-ring (bicyclic) bond motifs is 3. The van der Waals surface area contributed by atoms with Crippen molar-refractivity contribution in [1.29, 1.82) is 0 Å². The van der Waals surface area contributed by atoms with Crippen LogP contribution >= 0.6 is 11.6 Å². The first-order valence-corrected chi connectivity index (χ1v) is 11.0. The molecule has 3 heterocycles. The van der Waals surface area contributed by atoms with Gasteiger partial charge in [-0.15, -0.1) is 0 Å². The number of Topliss-reactive ketones (excluding diaryl/α,β-unsaturated/α-hetero) is 1. The van der Waals surface area contributed by atoms with Crippen LogP contribution in [0.2, 0.25) is 5.02 Å². The van der Waals surface area contributed by atoms with E-state index in [-0.39, 0.29) is 5.78 Å². The second-order valence-electron chi connectivity index (χ2n) is 8.15. The summed E-state index contributed by atoms with van der Waals surface area (Å²) in [5.74, 6) is 1.65. The molecule has 6 nitrogen and oxygen atoms in total. The third-order valence-electron chi connectivity index (χ3n) is 5.97. The standard InChI is InChI=1S/C24H25ClN2O4/c1-16-11-20-19(14-27(15-30-20)6-5-26-7-9-29-10-8-26)24-22(16)23(28)21(31-24)13-17-3-2-4-18(25)12-17/h2-4,11-13H,5-10,14-15H2,1H3/b21-13-. The average molecular weight is 441 g/mol. The zero-order chi connectivity index (χ0) is 21.4. The number of ether oxygens (including phenoxy) is 3. The van der Waals surface area contributed by atoms with E-state index in [0.29, 0.717) is 35.4 Å². The Morgan fingerprint density at radius 2 is 1.94 bits per heavy atom. The lowest BCUT2D eigenvalue weighted by molar-refractivity contribution is 0.0239. The molecular weight excluding hydrogens is 416 g/mol. The van der Waals surface area contributed by atoms with E-state index in [2.05, 4.69) is 9.80 Å². The summed E-state index contributed by atoms with van der Waals surface area (Å²) in [5.41, 5.74) is 3.27. The molecule has 0 radical (unpaired) electrons. The Hall–Kier alpha value is -2.38. The van der Waals surface area contributed by atoms with E-state index in [4.69, 9.17) is 25.8 Å². The highest BCUT2D eigenvalue weighted by Gasteiger charge is 2.35. The van der Waals surface area contributed by atoms with Gasteiger partial charge in [-0.3, -0.25) is 14.6 Å². The predicted octanol–water partition coefficient (Wildman–Crippen LogP) is 3.75. The van der Waals surface area contributed by atoms with Crippen molar-refractivity contribution >= 4 is 23.5 Å². The first-order valence-electron chi connectivity index (χ1n) is 10.6. The molecule has 0 N–H and O–H groups in total. The largest absolute Gasteiger partial charge is 0.478 e. The van der Waals surface area contributed by atoms with Crippen LogP contribution < -0.4 is 9.47 Å². The van der Waals surface area contributed by atoms with Gasteiger partial charge in [0, 0.05) is 37.7 Å². The number of nitrogens with zero attached hydrogens (tertiary/aromatic N) is 2. The van der Waals surface area contributed by atoms with Crippen molar-refractivity contribution in [2.75, 3.05) is 46.1 Å². The minimum atomic E-state index is -0.0966. The van der Waals surface area contributed by atoms with Crippen molar-refractivity contribution in [3.05, 3.63) is 63.4 Å². The fourth-order valence-corrected chi connectivity index (χ4v) is 4.47. The van der Waals surface area contributed by atoms with Gasteiger partial charge in [0.05, 0.1) is 24.3 Å². The van der Waals surface area contributed by atoms with Gasteiger partial charge in [0.2, 0.25) is 5.78 Å². The molecule has 0 amide bonds. The lowest BCUT2D eigenvalue weighted by Crippen LogP contribution is -2.43. The van der Waals surface area contributed by atoms with Gasteiger partial charge in [0.15, 0.2) is 5.76 Å². The highest BCUT2D eigenvalue weighted by atomic mass is 35.5. The Morgan fingerprint density at radius 3 is 2.74 bits per heavy atom. The molecule has 3 aliphatic rings. The van der Waals surface area contributed by atoms with Crippen LogP contribution in [0.15, 0.2) is 36.1 Å². The van der Waals surface area contributed by atoms with Crippen LogP contribution in [-0.4, -0.2) is 61.7 Å². The molecule has 1 fully saturated rings. The molecule has 1 saturated heterocycles. The van der Waals surface area contributed by atoms with Crippen molar-refractivity contribution in [2.24, 2.45) is 0 Å². The van der Waals surface area contributed by atoms with Crippen molar-refractivity contribution in [2.45, 2.75) is 13.5 Å². The lowest BCUT2D eigenvalue weighted by Gasteiger charge is -2.33. The summed E-state index contributed by atoms with van der Waals surface area (Å²) in [5, 5.41) is 0.621. The monoisotopic (exact) mass is 440 g/mol. The summed E-state index contributed by atoms with van der Waals surface area (Å²) in [6, 6.07) is 9.33. The lowest BCUT2D eigenvalue weighted by atomic mass is 9.98. The molecule has 0 bridgehead atoms. The molecule has 2 aromatic rings. The number of hydrogen-bond donors (Lipinski definition) is 0. The molecule has 0 aliphatic carbocycles. The summed E-state index contributed by atoms with van der Waals surface area (Å²) >= 11 is 6.09. The fourth-order valence-electron chi connectivity index (χ4n) is 4.27. The number of rotatable bonds is 4. The molecule has 2 aromatic carbocycles. The molecule has 162 valence electrons. The molecule has 5 rings (SSSR count). The minimum absolute atomic E-state index is 0.0966. The number of aryl methyl sites for hydroxylation is 1. The van der Waals surface area contributed by atoms with Crippen LogP contribution in [0.3, 0.4) is 0 Å². The fraction of sp³-hybridized carbons (Fsp3) is 0.375. The van der Waals surface area contributed by atoms with E-state index in [0.717, 1.165) is 61.8 Å². The number of morpholine rings is 1. The van der Waals surface area contributed by atoms with Gasteiger partial charge in [-0.05, 0) is 42.3 Å². The van der Waals surface area contributed by atoms with Crippen LogP contribution in [0.1, 0.15) is 27.0 Å². The van der Waals surface area contributed by atoms with E-state index in [1.165, 1.54) is 0 Å². The number of halogens is 1. The van der Waals surface area contributed by atoms with E-state index < -0.39 is 0 Å². The normalized spacial score (nSPS) is 20.3. The highest BCUT2D eigenvalue weighted by molar-refractivity contribution is 6.30. The summed E-state index contributed by atoms with van der Waals surface area (Å²) in [7, 11) is 0. The number of hydrogen-bond acceptors (Lipinski definition) is 6. The Kier molecular flexibility index (Phi) is 5.71. The maximum Gasteiger partial charge on any atom is 0.232 e. The van der Waals surface area contributed by atoms with Gasteiger partial charge in [-0.1, -0.05) is 23.7 Å². The Bertz CT molecular complexity index is 1050. The van der Waals surface area contributed by atoms with Gasteiger partial charge in [0.1, 0.15) is 18.2 Å². The van der Waals surface area contributed by atoms with Crippen molar-refractivity contribution in [3.63, 3.8) is 0 Å². The second kappa shape index (κ2) is 8.63. The number of allylic oxidation sites excluding steroid dienone is 1. The molecule has 3 aliphatic heterocycles. The van der Waals surface area contributed by atoms with Crippen LogP contribution in [-0.2, 0) is 11.3 Å². The predicted molar refractivity (Wildman–Crippen MR) is 119 cm³/mol. The number of carbonyl (C=O) groups excluding carboxylic acids is 1. The summed E-state index contributed by atoms with van der Waals surface area (Å²) < 4.78 is 17.6. The smallest absolute Gasteiger partial charge is 0.232 e. The molecule has 0 atom stereocenters. The van der Waals surface area contributed by atoms with E-state index >= 15 is 0 Å². The topological polar surface area (TPSA) is 51.2 Å². The highest BCUT2D eigenvalue weighted by Crippen LogP contribution is 2.44. The van der Waals surface area contributed by atoms with Crippen molar-refractivity contribution in [3.8, 4) is 11.5 Å². The molecule has 0 saturated carbocycles. The number of benzene rings is 2. The Morgan fingerprint density at radius 1 is 1.13 bits per heavy atom. The number of carbonyl (C=O) groups is 1. The van der Waals surface area contributed by atoms with Crippen LogP contribution in [0.25, 0.3) is 6.08 Å². The minimum Gasteiger partial charge on any atom is -0.478 e. The van der Waals surface area contributed by atoms with Gasteiger partial charge >= 0.3 is 0 Å². The number of ketones is 1. The SMILES string of the molecule is Cc1cc2c(c3c1C(=O)/C(=C/c1cccc(Cl)c1)O3)CN(CCN1CCOCC1)CO2. The average Bonchev–Trinajstić information content (AvgIpc) is 3.10. The summed E-state index contributed by atoms with van der Waals surface area (Å²) in [6.45, 7) is 8.54. The first kappa shape index (κ1) is 20.5. The van der Waals surface area contributed by atoms with Gasteiger partial charge in [-0.2, -0.15) is 0 Å². The molecule has 31 heavy (non-hydrogen) atoms. The first-order chi connectivity index (χ1) is 15.1. The molecule has 0 aromatic heterocycles. The summed E-state index contributed by atoms with van der Waals surface area (Å²) in [6.07, 6.45) is 1.75. The quantitative estimate of drug-likeness (QED) is 0.675. The second-order valence-corrected chi connectivity index (χ2v) is 8.59. The van der Waals surface area contributed by atoms with E-state index in [1.807, 2.05) is 31.2 Å². The zero-order valence-corrected chi connectivity index (χ0v) is 18.3. The third kappa shape index (κ3) is 4.21. The third-order valence-corrected chi connectivity index (χ3v) is 6.21. The van der Waals surface area contributed by atoms with Crippen LogP contribution in [0, 0.1) is 6.92 Å². The van der Waals surface area contributed by atoms with E-state index in [9.17, 15) is 4.79 Å². The van der Waals surface area contributed by atoms with Crippen LogP contribution in [0.5, 0.6) is 11.5 Å². The molecule has 0 unspecified atom stereocenters. The van der Waals surface area contributed by atoms with Gasteiger partial charge in [0.25, 0.3) is 0 Å². The van der Waals surface area contributed by atoms with Gasteiger partial charge in [-0.25, -0.2) is 0 Å². The van der Waals surface area contributed by atoms with Crippen molar-refractivity contribution < 1.29 is 19.0 Å². The Labute approximate surface area is 186 Å². The molecular formula is C24H25ClN2O4.